The predicted molar refractivity (Wildman–Crippen MR) is 119 cm³/mol. The maximum absolute atomic E-state index is 12.2. The molecule has 1 N–H and O–H groups in total. The van der Waals surface area contributed by atoms with Crippen molar-refractivity contribution in [2.24, 2.45) is 0 Å². The Morgan fingerprint density at radius 2 is 1.93 bits per heavy atom. The van der Waals surface area contributed by atoms with Crippen LogP contribution in [0.15, 0.2) is 24.3 Å². The van der Waals surface area contributed by atoms with Crippen molar-refractivity contribution in [3.8, 4) is 11.7 Å². The fourth-order valence-corrected chi connectivity index (χ4v) is 2.40. The fourth-order valence-electron chi connectivity index (χ4n) is 2.23. The summed E-state index contributed by atoms with van der Waals surface area (Å²) in [5.41, 5.74) is 0.489. The van der Waals surface area contributed by atoms with Gasteiger partial charge in [0.15, 0.2) is 5.82 Å². The van der Waals surface area contributed by atoms with E-state index < -0.39 is 16.5 Å². The first-order valence-corrected chi connectivity index (χ1v) is 10.3. The van der Waals surface area contributed by atoms with Crippen LogP contribution in [0.4, 0.5) is 10.6 Å². The van der Waals surface area contributed by atoms with Crippen LogP contribution in [-0.2, 0) is 10.2 Å². The van der Waals surface area contributed by atoms with Crippen LogP contribution in [0.1, 0.15) is 26.5 Å². The number of amides is 1. The first-order valence-electron chi connectivity index (χ1n) is 9.21. The van der Waals surface area contributed by atoms with E-state index in [9.17, 15) is 4.79 Å². The third-order valence-electron chi connectivity index (χ3n) is 3.79. The summed E-state index contributed by atoms with van der Waals surface area (Å²) in [7, 11) is 3.93. The largest absolute Gasteiger partial charge is 0.476 e. The number of carbonyl (C=O) groups is 1. The Labute approximate surface area is 191 Å². The number of nitrogens with one attached hydrogen (secondary N) is 1. The van der Waals surface area contributed by atoms with Gasteiger partial charge in [0.2, 0.25) is 9.67 Å². The molecule has 8 nitrogen and oxygen atoms in total. The van der Waals surface area contributed by atoms with Gasteiger partial charge in [0, 0.05) is 24.1 Å². The number of pyridine rings is 1. The van der Waals surface area contributed by atoms with Gasteiger partial charge >= 0.3 is 6.09 Å². The molecule has 0 spiro atoms. The van der Waals surface area contributed by atoms with E-state index in [0.717, 1.165) is 12.2 Å². The number of aromatic nitrogens is 3. The van der Waals surface area contributed by atoms with E-state index in [1.807, 2.05) is 39.8 Å². The maximum atomic E-state index is 12.2. The summed E-state index contributed by atoms with van der Waals surface area (Å²) >= 11 is 16.9. The predicted octanol–water partition coefficient (Wildman–Crippen LogP) is 4.42. The summed E-state index contributed by atoms with van der Waals surface area (Å²) in [5.74, 6) is 1.30. The minimum atomic E-state index is -1.70. The van der Waals surface area contributed by atoms with Crippen LogP contribution in [0.3, 0.4) is 0 Å². The molecule has 2 heterocycles. The molecule has 0 radical (unpaired) electrons. The zero-order valence-electron chi connectivity index (χ0n) is 17.6. The van der Waals surface area contributed by atoms with Crippen LogP contribution in [0.5, 0.6) is 5.88 Å². The van der Waals surface area contributed by atoms with E-state index in [2.05, 4.69) is 15.4 Å². The molecule has 30 heavy (non-hydrogen) atoms. The quantitative estimate of drug-likeness (QED) is 0.593. The van der Waals surface area contributed by atoms with Crippen molar-refractivity contribution in [2.45, 2.75) is 30.0 Å². The van der Waals surface area contributed by atoms with Crippen molar-refractivity contribution < 1.29 is 14.3 Å². The van der Waals surface area contributed by atoms with Gasteiger partial charge in [-0.25, -0.2) is 4.79 Å². The highest BCUT2D eigenvalue weighted by atomic mass is 35.6. The standard InChI is InChI=1S/C19H26Cl3N5O3/c1-18(2,3)13-11-15(24-17(28)30-12-19(20,21)22)27(25-13)14-7-6-8-16(23-14)29-10-9-26(4)5/h6-8,11H,9-10,12H2,1-5H3,(H,24,28). The zero-order valence-corrected chi connectivity index (χ0v) is 19.8. The third kappa shape index (κ3) is 7.83. The molecule has 11 heteroatoms. The van der Waals surface area contributed by atoms with Crippen LogP contribution >= 0.6 is 34.8 Å². The summed E-state index contributed by atoms with van der Waals surface area (Å²) in [5, 5.41) is 7.23. The molecule has 0 fully saturated rings. The van der Waals surface area contributed by atoms with E-state index >= 15 is 0 Å². The van der Waals surface area contributed by atoms with Crippen LogP contribution < -0.4 is 10.1 Å². The van der Waals surface area contributed by atoms with Crippen molar-refractivity contribution in [1.29, 1.82) is 0 Å². The highest BCUT2D eigenvalue weighted by Gasteiger charge is 2.25. The lowest BCUT2D eigenvalue weighted by Crippen LogP contribution is -2.22. The highest BCUT2D eigenvalue weighted by Crippen LogP contribution is 2.28. The second-order valence-electron chi connectivity index (χ2n) is 7.88. The summed E-state index contributed by atoms with van der Waals surface area (Å²) in [6, 6.07) is 7.07. The molecule has 0 atom stereocenters. The average molecular weight is 479 g/mol. The molecule has 0 aromatic carbocycles. The van der Waals surface area contributed by atoms with E-state index in [1.165, 1.54) is 4.68 Å². The van der Waals surface area contributed by atoms with Gasteiger partial charge in [-0.05, 0) is 20.2 Å². The van der Waals surface area contributed by atoms with Gasteiger partial charge in [-0.1, -0.05) is 61.6 Å². The monoisotopic (exact) mass is 477 g/mol. The Hall–Kier alpha value is -1.74. The molecule has 0 unspecified atom stereocenters. The van der Waals surface area contributed by atoms with Crippen molar-refractivity contribution >= 4 is 46.7 Å². The number of carbonyl (C=O) groups excluding carboxylic acids is 1. The van der Waals surface area contributed by atoms with Gasteiger partial charge in [-0.2, -0.15) is 14.8 Å². The molecule has 166 valence electrons. The van der Waals surface area contributed by atoms with Gasteiger partial charge < -0.3 is 14.4 Å². The van der Waals surface area contributed by atoms with E-state index in [1.54, 1.807) is 24.3 Å². The Morgan fingerprint density at radius 3 is 2.53 bits per heavy atom. The first-order chi connectivity index (χ1) is 13.8. The highest BCUT2D eigenvalue weighted by molar-refractivity contribution is 6.67. The Bertz CT molecular complexity index is 860. The Kier molecular flexibility index (Phi) is 8.21. The normalized spacial score (nSPS) is 12.2. The van der Waals surface area contributed by atoms with Crippen molar-refractivity contribution in [3.63, 3.8) is 0 Å². The van der Waals surface area contributed by atoms with Gasteiger partial charge in [0.25, 0.3) is 0 Å². The van der Waals surface area contributed by atoms with E-state index in [0.29, 0.717) is 24.1 Å². The molecule has 2 aromatic heterocycles. The number of hydrogen-bond acceptors (Lipinski definition) is 6. The zero-order chi connectivity index (χ0) is 22.5. The Balaban J connectivity index is 2.28. The SMILES string of the molecule is CN(C)CCOc1cccc(-n2nc(C(C)(C)C)cc2NC(=O)OCC(Cl)(Cl)Cl)n1. The lowest BCUT2D eigenvalue weighted by molar-refractivity contribution is 0.163. The number of likely N-dealkylation sites (N-methyl/N-ethyl adjacent to an activating group) is 1. The van der Waals surface area contributed by atoms with Crippen molar-refractivity contribution in [1.82, 2.24) is 19.7 Å². The van der Waals surface area contributed by atoms with Gasteiger partial charge in [0.05, 0.1) is 5.69 Å². The second-order valence-corrected chi connectivity index (χ2v) is 10.4. The van der Waals surface area contributed by atoms with Crippen LogP contribution in [0, 0.1) is 0 Å². The van der Waals surface area contributed by atoms with Crippen LogP contribution in [0.2, 0.25) is 0 Å². The van der Waals surface area contributed by atoms with Crippen molar-refractivity contribution in [2.75, 3.05) is 39.2 Å². The first kappa shape index (κ1) is 24.5. The number of anilines is 1. The number of rotatable bonds is 7. The molecule has 2 rings (SSSR count). The number of alkyl halides is 3. The average Bonchev–Trinajstić information content (AvgIpc) is 3.03. The second kappa shape index (κ2) is 10.0. The summed E-state index contributed by atoms with van der Waals surface area (Å²) in [4.78, 5) is 18.7. The van der Waals surface area contributed by atoms with E-state index in [-0.39, 0.29) is 5.41 Å². The number of halogens is 3. The maximum Gasteiger partial charge on any atom is 0.412 e. The molecule has 0 aliphatic rings. The molecule has 0 aliphatic heterocycles. The molecule has 0 saturated heterocycles. The molecule has 0 aliphatic carbocycles. The van der Waals surface area contributed by atoms with Crippen LogP contribution in [-0.4, -0.2) is 63.4 Å². The number of nitrogens with zero attached hydrogens (tertiary/aromatic N) is 4. The molecule has 1 amide bonds. The third-order valence-corrected chi connectivity index (χ3v) is 4.12. The summed E-state index contributed by atoms with van der Waals surface area (Å²) < 4.78 is 10.5. The number of hydrogen-bond donors (Lipinski definition) is 1. The molecular weight excluding hydrogens is 453 g/mol. The van der Waals surface area contributed by atoms with Gasteiger partial charge in [-0.3, -0.25) is 5.32 Å². The van der Waals surface area contributed by atoms with Gasteiger partial charge in [0.1, 0.15) is 19.0 Å². The molecular formula is C19H26Cl3N5O3. The summed E-state index contributed by atoms with van der Waals surface area (Å²) in [6.45, 7) is 6.89. The Morgan fingerprint density at radius 1 is 1.23 bits per heavy atom. The molecule has 0 bridgehead atoms. The minimum Gasteiger partial charge on any atom is -0.476 e. The molecule has 2 aromatic rings. The topological polar surface area (TPSA) is 81.5 Å². The fraction of sp³-hybridized carbons (Fsp3) is 0.526. The minimum absolute atomic E-state index is 0.261. The molecule has 0 saturated carbocycles. The van der Waals surface area contributed by atoms with Gasteiger partial charge in [-0.15, -0.1) is 0 Å². The lowest BCUT2D eigenvalue weighted by Gasteiger charge is -2.14. The van der Waals surface area contributed by atoms with E-state index in [4.69, 9.17) is 44.3 Å². The number of ether oxygens (including phenoxy) is 2. The smallest absolute Gasteiger partial charge is 0.412 e. The van der Waals surface area contributed by atoms with Crippen molar-refractivity contribution in [3.05, 3.63) is 30.0 Å². The van der Waals surface area contributed by atoms with Crippen LogP contribution in [0.25, 0.3) is 5.82 Å². The summed E-state index contributed by atoms with van der Waals surface area (Å²) in [6.07, 6.45) is -0.777. The lowest BCUT2D eigenvalue weighted by atomic mass is 9.92.